The smallest absolute Gasteiger partial charge is 0.254 e. The molecular formula is C38H52N6O6S. The van der Waals surface area contributed by atoms with Crippen LogP contribution in [0.2, 0.25) is 0 Å². The maximum atomic E-state index is 14.0. The third-order valence-corrected chi connectivity index (χ3v) is 11.4. The van der Waals surface area contributed by atoms with Crippen molar-refractivity contribution in [1.82, 2.24) is 25.2 Å². The largest absolute Gasteiger partial charge is 0.448 e. The van der Waals surface area contributed by atoms with Gasteiger partial charge in [0.05, 0.1) is 18.8 Å². The molecule has 3 aliphatic rings. The third-order valence-electron chi connectivity index (χ3n) is 10.6. The first-order valence-corrected chi connectivity index (χ1v) is 19.2. The van der Waals surface area contributed by atoms with Crippen LogP contribution in [0.5, 0.6) is 11.5 Å². The lowest BCUT2D eigenvalue weighted by atomic mass is 9.81. The highest BCUT2D eigenvalue weighted by atomic mass is 32.2. The number of aromatic nitrogens is 3. The first-order chi connectivity index (χ1) is 24.4. The van der Waals surface area contributed by atoms with Crippen LogP contribution in [-0.4, -0.2) is 96.5 Å². The maximum Gasteiger partial charge on any atom is 0.254 e. The average molecular weight is 721 g/mol. The fraction of sp³-hybridized carbons (Fsp3) is 0.579. The van der Waals surface area contributed by atoms with Gasteiger partial charge in [0.15, 0.2) is 11.5 Å². The Kier molecular flexibility index (Phi) is 11.3. The van der Waals surface area contributed by atoms with Gasteiger partial charge in [-0.1, -0.05) is 0 Å². The molecule has 0 radical (unpaired) electrons. The number of carbonyl (C=O) groups is 1. The predicted molar refractivity (Wildman–Crippen MR) is 199 cm³/mol. The van der Waals surface area contributed by atoms with E-state index in [-0.39, 0.29) is 36.1 Å². The van der Waals surface area contributed by atoms with Gasteiger partial charge in [0.25, 0.3) is 17.3 Å². The van der Waals surface area contributed by atoms with Crippen LogP contribution in [0.3, 0.4) is 0 Å². The molecule has 4 heterocycles. The number of aryl methyl sites for hydroxylation is 1. The molecule has 3 atom stereocenters. The molecule has 2 aliphatic heterocycles. The lowest BCUT2D eigenvalue weighted by molar-refractivity contribution is -0.123. The summed E-state index contributed by atoms with van der Waals surface area (Å²) in [6.45, 7) is 13.0. The number of rotatable bonds is 11. The molecule has 3 aromatic rings. The highest BCUT2D eigenvalue weighted by molar-refractivity contribution is 7.98. The molecule has 12 nitrogen and oxygen atoms in total. The number of nitrogens with zero attached hydrogens (tertiary/aromatic N) is 4. The molecule has 1 aliphatic carbocycles. The molecule has 1 unspecified atom stereocenters. The zero-order valence-electron chi connectivity index (χ0n) is 31.1. The third kappa shape index (κ3) is 7.91. The number of benzene rings is 1. The Morgan fingerprint density at radius 2 is 1.76 bits per heavy atom. The first kappa shape index (κ1) is 37.1. The van der Waals surface area contributed by atoms with Crippen LogP contribution in [0.15, 0.2) is 34.2 Å². The van der Waals surface area contributed by atoms with Gasteiger partial charge >= 0.3 is 0 Å². The molecule has 2 aromatic heterocycles. The van der Waals surface area contributed by atoms with Crippen molar-refractivity contribution < 1.29 is 23.7 Å². The molecule has 2 N–H and O–H groups in total. The van der Waals surface area contributed by atoms with E-state index in [0.29, 0.717) is 65.4 Å². The molecule has 1 saturated carbocycles. The summed E-state index contributed by atoms with van der Waals surface area (Å²) in [6, 6.07) is 4.24. The second-order valence-corrected chi connectivity index (χ2v) is 15.2. The standard InChI is InChI=1S/C38H52N6O6S/c1-22-15-32(51-8)31(36(46)42-22)19-39-35(45)29-16-30(26-17-40-37(41-18-26)44-20-23(2)48-24(3)21-44)34-33(25(29)4)49-38(5,50-34)27-9-11-28(12-10-27)43(6)13-14-47-7/h15-18,23-24,27-28H,9-14,19-21H2,1-8H3,(H,39,45)(H,42,46)/t23-,24+,27-,28-,38?. The van der Waals surface area contributed by atoms with Gasteiger partial charge in [-0.3, -0.25) is 9.59 Å². The van der Waals surface area contributed by atoms with E-state index in [9.17, 15) is 9.59 Å². The second-order valence-electron chi connectivity index (χ2n) is 14.4. The van der Waals surface area contributed by atoms with E-state index in [0.717, 1.165) is 48.4 Å². The number of morpholine rings is 1. The summed E-state index contributed by atoms with van der Waals surface area (Å²) in [5.41, 5.74) is 3.61. The van der Waals surface area contributed by atoms with Crippen LogP contribution >= 0.6 is 11.8 Å². The monoisotopic (exact) mass is 720 g/mol. The van der Waals surface area contributed by atoms with Gasteiger partial charge in [-0.05, 0) is 78.8 Å². The normalized spacial score (nSPS) is 24.6. The van der Waals surface area contributed by atoms with Gasteiger partial charge < -0.3 is 39.0 Å². The highest BCUT2D eigenvalue weighted by Gasteiger charge is 2.48. The maximum absolute atomic E-state index is 14.0. The lowest BCUT2D eigenvalue weighted by Crippen LogP contribution is -2.47. The number of ether oxygens (including phenoxy) is 4. The van der Waals surface area contributed by atoms with Crippen LogP contribution in [-0.2, 0) is 16.0 Å². The van der Waals surface area contributed by atoms with Crippen molar-refractivity contribution in [2.24, 2.45) is 5.92 Å². The Bertz CT molecular complexity index is 1770. The number of thioether (sulfide) groups is 1. The molecule has 13 heteroatoms. The predicted octanol–water partition coefficient (Wildman–Crippen LogP) is 5.34. The molecule has 6 rings (SSSR count). The van der Waals surface area contributed by atoms with Crippen molar-refractivity contribution in [1.29, 1.82) is 0 Å². The van der Waals surface area contributed by atoms with E-state index >= 15 is 0 Å². The van der Waals surface area contributed by atoms with Crippen LogP contribution in [0.1, 0.15) is 73.6 Å². The molecular weight excluding hydrogens is 669 g/mol. The minimum Gasteiger partial charge on any atom is -0.448 e. The second kappa shape index (κ2) is 15.5. The molecule has 1 saturated heterocycles. The van der Waals surface area contributed by atoms with Crippen LogP contribution in [0.4, 0.5) is 5.95 Å². The molecule has 2 fully saturated rings. The number of nitrogens with one attached hydrogen (secondary N) is 2. The van der Waals surface area contributed by atoms with Gasteiger partial charge in [-0.15, -0.1) is 11.8 Å². The Labute approximate surface area is 305 Å². The Morgan fingerprint density at radius 1 is 1.10 bits per heavy atom. The fourth-order valence-electron chi connectivity index (χ4n) is 7.72. The van der Waals surface area contributed by atoms with E-state index in [2.05, 4.69) is 41.0 Å². The minimum absolute atomic E-state index is 0.0741. The summed E-state index contributed by atoms with van der Waals surface area (Å²) >= 11 is 1.48. The number of anilines is 1. The van der Waals surface area contributed by atoms with Gasteiger partial charge in [0.2, 0.25) is 5.95 Å². The molecule has 276 valence electrons. The number of amides is 1. The summed E-state index contributed by atoms with van der Waals surface area (Å²) in [7, 11) is 3.90. The molecule has 1 amide bonds. The number of hydrogen-bond acceptors (Lipinski definition) is 11. The van der Waals surface area contributed by atoms with E-state index < -0.39 is 5.79 Å². The topological polar surface area (TPSA) is 131 Å². The van der Waals surface area contributed by atoms with Crippen LogP contribution < -0.4 is 25.2 Å². The van der Waals surface area contributed by atoms with Gasteiger partial charge in [-0.2, -0.15) is 0 Å². The molecule has 0 spiro atoms. The Morgan fingerprint density at radius 3 is 2.41 bits per heavy atom. The van der Waals surface area contributed by atoms with Crippen molar-refractivity contribution in [2.75, 3.05) is 51.6 Å². The average Bonchev–Trinajstić information content (AvgIpc) is 3.48. The van der Waals surface area contributed by atoms with Crippen molar-refractivity contribution >= 4 is 23.6 Å². The number of fused-ring (bicyclic) bond motifs is 1. The molecule has 0 bridgehead atoms. The van der Waals surface area contributed by atoms with Gasteiger partial charge in [0.1, 0.15) is 0 Å². The van der Waals surface area contributed by atoms with Gasteiger partial charge in [0, 0.05) is 103 Å². The number of H-pyrrole nitrogens is 1. The number of carbonyl (C=O) groups excluding carboxylic acids is 1. The SMILES string of the molecule is COCCN(C)[C@H]1CC[C@H](C2(C)Oc3c(-c4cnc(N5C[C@@H](C)O[C@@H](C)C5)nc4)cc(C(=O)NCc4c(SC)cc(C)[nH]c4=O)c(C)c3O2)CC1. The number of likely N-dealkylation sites (N-methyl/N-ethyl adjacent to an activating group) is 1. The summed E-state index contributed by atoms with van der Waals surface area (Å²) in [5.74, 6) is 0.714. The van der Waals surface area contributed by atoms with E-state index in [4.69, 9.17) is 28.9 Å². The van der Waals surface area contributed by atoms with Crippen molar-refractivity contribution in [3.05, 3.63) is 57.3 Å². The van der Waals surface area contributed by atoms with Crippen molar-refractivity contribution in [3.8, 4) is 22.6 Å². The van der Waals surface area contributed by atoms with Crippen LogP contribution in [0.25, 0.3) is 11.1 Å². The van der Waals surface area contributed by atoms with E-state index in [1.807, 2.05) is 39.2 Å². The van der Waals surface area contributed by atoms with Gasteiger partial charge in [-0.25, -0.2) is 9.97 Å². The summed E-state index contributed by atoms with van der Waals surface area (Å²) in [6.07, 6.45) is 9.61. The van der Waals surface area contributed by atoms with E-state index in [1.165, 1.54) is 11.8 Å². The molecule has 1 aromatic carbocycles. The first-order valence-electron chi connectivity index (χ1n) is 17.9. The van der Waals surface area contributed by atoms with Crippen molar-refractivity contribution in [3.63, 3.8) is 0 Å². The highest BCUT2D eigenvalue weighted by Crippen LogP contribution is 2.53. The minimum atomic E-state index is -0.906. The Hall–Kier alpha value is -3.65. The van der Waals surface area contributed by atoms with Crippen LogP contribution in [0, 0.1) is 19.8 Å². The summed E-state index contributed by atoms with van der Waals surface area (Å²) in [5, 5.41) is 3.00. The quantitative estimate of drug-likeness (QED) is 0.249. The molecule has 51 heavy (non-hydrogen) atoms. The number of pyridine rings is 1. The van der Waals surface area contributed by atoms with Crippen molar-refractivity contribution in [2.45, 2.75) is 95.8 Å². The fourth-order valence-corrected chi connectivity index (χ4v) is 8.43. The summed E-state index contributed by atoms with van der Waals surface area (Å²) < 4.78 is 24.8. The zero-order valence-corrected chi connectivity index (χ0v) is 31.9. The number of methoxy groups -OCH3 is 1. The number of aromatic amines is 1. The van der Waals surface area contributed by atoms with E-state index in [1.54, 1.807) is 19.5 Å². The number of hydrogen-bond donors (Lipinski definition) is 2. The summed E-state index contributed by atoms with van der Waals surface area (Å²) in [4.78, 5) is 44.5. The lowest BCUT2D eigenvalue weighted by Gasteiger charge is -2.39. The zero-order chi connectivity index (χ0) is 36.4. The Balaban J connectivity index is 1.30.